The van der Waals surface area contributed by atoms with Crippen LogP contribution in [-0.2, 0) is 4.74 Å². The Hall–Kier alpha value is -1.61. The highest BCUT2D eigenvalue weighted by atomic mass is 35.5. The SMILES string of the molecule is CCOC(=O)c1ccc(Cl)c2cccnc12. The van der Waals surface area contributed by atoms with Gasteiger partial charge in [-0.05, 0) is 31.2 Å². The maximum Gasteiger partial charge on any atom is 0.340 e. The largest absolute Gasteiger partial charge is 0.462 e. The van der Waals surface area contributed by atoms with Crippen LogP contribution in [0.25, 0.3) is 10.9 Å². The number of benzene rings is 1. The Morgan fingerprint density at radius 1 is 1.44 bits per heavy atom. The van der Waals surface area contributed by atoms with Gasteiger partial charge in [0.1, 0.15) is 0 Å². The third kappa shape index (κ3) is 1.86. The van der Waals surface area contributed by atoms with Crippen molar-refractivity contribution in [3.63, 3.8) is 0 Å². The summed E-state index contributed by atoms with van der Waals surface area (Å²) in [5.74, 6) is -0.372. The van der Waals surface area contributed by atoms with Crippen molar-refractivity contribution in [2.75, 3.05) is 6.61 Å². The third-order valence-corrected chi connectivity index (χ3v) is 2.54. The predicted molar refractivity (Wildman–Crippen MR) is 62.7 cm³/mol. The van der Waals surface area contributed by atoms with Gasteiger partial charge in [0.15, 0.2) is 0 Å². The van der Waals surface area contributed by atoms with Gasteiger partial charge in [0.2, 0.25) is 0 Å². The zero-order valence-corrected chi connectivity index (χ0v) is 9.49. The van der Waals surface area contributed by atoms with E-state index in [1.807, 2.05) is 6.07 Å². The Morgan fingerprint density at radius 2 is 2.25 bits per heavy atom. The first-order valence-electron chi connectivity index (χ1n) is 4.94. The molecule has 0 saturated heterocycles. The minimum Gasteiger partial charge on any atom is -0.462 e. The molecule has 0 atom stereocenters. The van der Waals surface area contributed by atoms with Crippen LogP contribution in [-0.4, -0.2) is 17.6 Å². The first kappa shape index (κ1) is 10.9. The van der Waals surface area contributed by atoms with Gasteiger partial charge in [0.05, 0.1) is 22.7 Å². The molecule has 4 heteroatoms. The molecule has 1 aromatic carbocycles. The average molecular weight is 236 g/mol. The van der Waals surface area contributed by atoms with Gasteiger partial charge in [0.25, 0.3) is 0 Å². The molecule has 0 saturated carbocycles. The third-order valence-electron chi connectivity index (χ3n) is 2.21. The summed E-state index contributed by atoms with van der Waals surface area (Å²) in [5, 5.41) is 1.34. The number of halogens is 1. The van der Waals surface area contributed by atoms with Crippen LogP contribution < -0.4 is 0 Å². The van der Waals surface area contributed by atoms with Crippen LogP contribution >= 0.6 is 11.6 Å². The van der Waals surface area contributed by atoms with Gasteiger partial charge in [-0.3, -0.25) is 4.98 Å². The number of carbonyl (C=O) groups is 1. The summed E-state index contributed by atoms with van der Waals surface area (Å²) in [6.45, 7) is 2.11. The van der Waals surface area contributed by atoms with E-state index in [0.717, 1.165) is 5.39 Å². The molecule has 16 heavy (non-hydrogen) atoms. The van der Waals surface area contributed by atoms with E-state index < -0.39 is 0 Å². The number of nitrogens with zero attached hydrogens (tertiary/aromatic N) is 1. The second kappa shape index (κ2) is 4.49. The summed E-state index contributed by atoms with van der Waals surface area (Å²) >= 11 is 6.02. The standard InChI is InChI=1S/C12H10ClNO2/c1-2-16-12(15)9-5-6-10(13)8-4-3-7-14-11(8)9/h3-7H,2H2,1H3. The number of pyridine rings is 1. The lowest BCUT2D eigenvalue weighted by Gasteiger charge is -2.06. The van der Waals surface area contributed by atoms with E-state index in [9.17, 15) is 4.79 Å². The van der Waals surface area contributed by atoms with Gasteiger partial charge < -0.3 is 4.74 Å². The number of esters is 1. The van der Waals surface area contributed by atoms with Crippen LogP contribution in [0.2, 0.25) is 5.02 Å². The van der Waals surface area contributed by atoms with E-state index in [1.165, 1.54) is 0 Å². The number of aromatic nitrogens is 1. The average Bonchev–Trinajstić information content (AvgIpc) is 2.30. The summed E-state index contributed by atoms with van der Waals surface area (Å²) in [7, 11) is 0. The zero-order valence-electron chi connectivity index (χ0n) is 8.74. The maximum atomic E-state index is 11.7. The summed E-state index contributed by atoms with van der Waals surface area (Å²) < 4.78 is 4.95. The zero-order chi connectivity index (χ0) is 11.5. The van der Waals surface area contributed by atoms with Crippen molar-refractivity contribution in [1.82, 2.24) is 4.98 Å². The van der Waals surface area contributed by atoms with E-state index in [4.69, 9.17) is 16.3 Å². The fourth-order valence-electron chi connectivity index (χ4n) is 1.51. The van der Waals surface area contributed by atoms with Gasteiger partial charge >= 0.3 is 5.97 Å². The van der Waals surface area contributed by atoms with Crippen molar-refractivity contribution in [3.8, 4) is 0 Å². The van der Waals surface area contributed by atoms with Crippen LogP contribution in [0, 0.1) is 0 Å². The second-order valence-electron chi connectivity index (χ2n) is 3.21. The van der Waals surface area contributed by atoms with Crippen molar-refractivity contribution in [2.45, 2.75) is 6.92 Å². The van der Waals surface area contributed by atoms with E-state index in [0.29, 0.717) is 22.7 Å². The lowest BCUT2D eigenvalue weighted by molar-refractivity contribution is 0.0528. The molecule has 1 aromatic heterocycles. The fraction of sp³-hybridized carbons (Fsp3) is 0.167. The van der Waals surface area contributed by atoms with Gasteiger partial charge in [-0.2, -0.15) is 0 Å². The number of fused-ring (bicyclic) bond motifs is 1. The molecule has 0 radical (unpaired) electrons. The Labute approximate surface area is 98.0 Å². The Kier molecular flexibility index (Phi) is 3.06. The molecule has 0 aliphatic heterocycles. The Morgan fingerprint density at radius 3 is 3.00 bits per heavy atom. The first-order chi connectivity index (χ1) is 7.74. The summed E-state index contributed by atoms with van der Waals surface area (Å²) in [6, 6.07) is 6.92. The van der Waals surface area contributed by atoms with E-state index >= 15 is 0 Å². The van der Waals surface area contributed by atoms with Crippen LogP contribution in [0.1, 0.15) is 17.3 Å². The van der Waals surface area contributed by atoms with Crippen LogP contribution in [0.15, 0.2) is 30.5 Å². The molecule has 3 nitrogen and oxygen atoms in total. The van der Waals surface area contributed by atoms with Crippen molar-refractivity contribution < 1.29 is 9.53 Å². The molecule has 0 N–H and O–H groups in total. The summed E-state index contributed by atoms with van der Waals surface area (Å²) in [6.07, 6.45) is 1.63. The minimum absolute atomic E-state index is 0.343. The molecule has 0 spiro atoms. The van der Waals surface area contributed by atoms with E-state index in [2.05, 4.69) is 4.98 Å². The quantitative estimate of drug-likeness (QED) is 0.751. The maximum absolute atomic E-state index is 11.7. The molecule has 2 aromatic rings. The number of hydrogen-bond acceptors (Lipinski definition) is 3. The van der Waals surface area contributed by atoms with Crippen molar-refractivity contribution in [2.24, 2.45) is 0 Å². The van der Waals surface area contributed by atoms with Gasteiger partial charge in [-0.15, -0.1) is 0 Å². The molecule has 82 valence electrons. The van der Waals surface area contributed by atoms with E-state index in [-0.39, 0.29) is 5.97 Å². The molecule has 0 unspecified atom stereocenters. The molecule has 2 rings (SSSR count). The molecular formula is C12H10ClNO2. The molecule has 0 fully saturated rings. The smallest absolute Gasteiger partial charge is 0.340 e. The first-order valence-corrected chi connectivity index (χ1v) is 5.32. The number of ether oxygens (including phenoxy) is 1. The number of rotatable bonds is 2. The number of carbonyl (C=O) groups excluding carboxylic acids is 1. The fourth-order valence-corrected chi connectivity index (χ4v) is 1.73. The van der Waals surface area contributed by atoms with E-state index in [1.54, 1.807) is 31.3 Å². The van der Waals surface area contributed by atoms with Crippen LogP contribution in [0.3, 0.4) is 0 Å². The van der Waals surface area contributed by atoms with Crippen LogP contribution in [0.4, 0.5) is 0 Å². The van der Waals surface area contributed by atoms with Crippen molar-refractivity contribution in [3.05, 3.63) is 41.0 Å². The molecule has 0 aliphatic carbocycles. The molecule has 0 bridgehead atoms. The monoisotopic (exact) mass is 235 g/mol. The molecule has 0 amide bonds. The minimum atomic E-state index is -0.372. The van der Waals surface area contributed by atoms with Crippen molar-refractivity contribution in [1.29, 1.82) is 0 Å². The lowest BCUT2D eigenvalue weighted by Crippen LogP contribution is -2.05. The van der Waals surface area contributed by atoms with Gasteiger partial charge in [0, 0.05) is 11.6 Å². The van der Waals surface area contributed by atoms with Gasteiger partial charge in [-0.1, -0.05) is 11.6 Å². The second-order valence-corrected chi connectivity index (χ2v) is 3.62. The predicted octanol–water partition coefficient (Wildman–Crippen LogP) is 3.06. The highest BCUT2D eigenvalue weighted by molar-refractivity contribution is 6.35. The Bertz CT molecular complexity index is 540. The lowest BCUT2D eigenvalue weighted by atomic mass is 10.1. The number of hydrogen-bond donors (Lipinski definition) is 0. The molecular weight excluding hydrogens is 226 g/mol. The summed E-state index contributed by atoms with van der Waals surface area (Å²) in [4.78, 5) is 15.8. The van der Waals surface area contributed by atoms with Crippen LogP contribution in [0.5, 0.6) is 0 Å². The topological polar surface area (TPSA) is 39.2 Å². The Balaban J connectivity index is 2.63. The van der Waals surface area contributed by atoms with Gasteiger partial charge in [-0.25, -0.2) is 4.79 Å². The normalized spacial score (nSPS) is 10.4. The molecule has 1 heterocycles. The van der Waals surface area contributed by atoms with Crippen molar-refractivity contribution >= 4 is 28.5 Å². The summed E-state index contributed by atoms with van der Waals surface area (Å²) in [5.41, 5.74) is 1.02. The highest BCUT2D eigenvalue weighted by Gasteiger charge is 2.13. The highest BCUT2D eigenvalue weighted by Crippen LogP contribution is 2.25. The molecule has 0 aliphatic rings.